The quantitative estimate of drug-likeness (QED) is 0.803. The molecule has 2 aromatic rings. The molecule has 0 spiro atoms. The van der Waals surface area contributed by atoms with Crippen LogP contribution in [0.5, 0.6) is 0 Å². The summed E-state index contributed by atoms with van der Waals surface area (Å²) in [5.74, 6) is 0. The molecule has 0 unspecified atom stereocenters. The predicted molar refractivity (Wildman–Crippen MR) is 67.7 cm³/mol. The summed E-state index contributed by atoms with van der Waals surface area (Å²) in [6.07, 6.45) is 1.76. The van der Waals surface area contributed by atoms with Gasteiger partial charge < -0.3 is 11.1 Å². The number of hydrogen-bond donors (Lipinski definition) is 2. The van der Waals surface area contributed by atoms with Crippen molar-refractivity contribution in [1.82, 2.24) is 4.98 Å². The lowest BCUT2D eigenvalue weighted by Gasteiger charge is -2.03. The van der Waals surface area contributed by atoms with Crippen LogP contribution in [0.4, 0.5) is 10.8 Å². The maximum atomic E-state index is 5.50. The van der Waals surface area contributed by atoms with E-state index < -0.39 is 0 Å². The van der Waals surface area contributed by atoms with Crippen LogP contribution in [-0.2, 0) is 0 Å². The van der Waals surface area contributed by atoms with E-state index in [1.807, 2.05) is 29.6 Å². The zero-order chi connectivity index (χ0) is 10.7. The molecule has 0 radical (unpaired) electrons. The lowest BCUT2D eigenvalue weighted by Crippen LogP contribution is -2.08. The van der Waals surface area contributed by atoms with Gasteiger partial charge in [-0.3, -0.25) is 0 Å². The van der Waals surface area contributed by atoms with Gasteiger partial charge in [-0.2, -0.15) is 0 Å². The molecule has 0 aliphatic carbocycles. The number of hydrogen-bond acceptors (Lipinski definition) is 4. The molecule has 2 rings (SSSR count). The number of anilines is 2. The molecule has 76 valence electrons. The highest BCUT2D eigenvalue weighted by Gasteiger charge is 1.98. The van der Waals surface area contributed by atoms with E-state index in [0.29, 0.717) is 4.99 Å². The van der Waals surface area contributed by atoms with Crippen LogP contribution in [0.1, 0.15) is 5.56 Å². The number of thiocarbonyl (C=S) groups is 1. The van der Waals surface area contributed by atoms with Gasteiger partial charge in [-0.25, -0.2) is 4.98 Å². The third kappa shape index (κ3) is 2.51. The summed E-state index contributed by atoms with van der Waals surface area (Å²) in [5, 5.41) is 5.97. The normalized spacial score (nSPS) is 9.87. The zero-order valence-corrected chi connectivity index (χ0v) is 9.44. The van der Waals surface area contributed by atoms with Crippen molar-refractivity contribution in [2.24, 2.45) is 5.73 Å². The maximum absolute atomic E-state index is 5.50. The van der Waals surface area contributed by atoms with E-state index in [-0.39, 0.29) is 0 Å². The highest BCUT2D eigenvalue weighted by molar-refractivity contribution is 7.80. The first kappa shape index (κ1) is 10.1. The number of nitrogens with two attached hydrogens (primary N) is 1. The molecule has 15 heavy (non-hydrogen) atoms. The van der Waals surface area contributed by atoms with Crippen molar-refractivity contribution in [3.05, 3.63) is 41.4 Å². The Kier molecular flexibility index (Phi) is 2.94. The topological polar surface area (TPSA) is 50.9 Å². The minimum absolute atomic E-state index is 0.413. The minimum atomic E-state index is 0.413. The molecular formula is C10H9N3S2. The lowest BCUT2D eigenvalue weighted by molar-refractivity contribution is 1.39. The maximum Gasteiger partial charge on any atom is 0.187 e. The molecule has 1 aromatic heterocycles. The molecular weight excluding hydrogens is 226 g/mol. The largest absolute Gasteiger partial charge is 0.389 e. The highest BCUT2D eigenvalue weighted by atomic mass is 32.1. The van der Waals surface area contributed by atoms with Gasteiger partial charge in [0.2, 0.25) is 0 Å². The van der Waals surface area contributed by atoms with Gasteiger partial charge in [-0.05, 0) is 24.3 Å². The van der Waals surface area contributed by atoms with Gasteiger partial charge in [-0.15, -0.1) is 11.3 Å². The first-order valence-corrected chi connectivity index (χ1v) is 5.61. The molecule has 0 aliphatic rings. The van der Waals surface area contributed by atoms with E-state index in [0.717, 1.165) is 16.4 Å². The molecule has 0 bridgehead atoms. The van der Waals surface area contributed by atoms with Crippen LogP contribution in [0.2, 0.25) is 0 Å². The molecule has 1 heterocycles. The van der Waals surface area contributed by atoms with Crippen LogP contribution in [0, 0.1) is 0 Å². The molecule has 0 amide bonds. The molecule has 0 atom stereocenters. The summed E-state index contributed by atoms with van der Waals surface area (Å²) in [5.41, 5.74) is 7.35. The number of nitrogens with one attached hydrogen (secondary N) is 1. The van der Waals surface area contributed by atoms with Crippen molar-refractivity contribution in [2.45, 2.75) is 0 Å². The first-order valence-electron chi connectivity index (χ1n) is 4.32. The van der Waals surface area contributed by atoms with Crippen molar-refractivity contribution in [2.75, 3.05) is 5.32 Å². The van der Waals surface area contributed by atoms with Crippen molar-refractivity contribution in [1.29, 1.82) is 0 Å². The first-order chi connectivity index (χ1) is 7.25. The van der Waals surface area contributed by atoms with E-state index in [1.165, 1.54) is 0 Å². The number of rotatable bonds is 3. The lowest BCUT2D eigenvalue weighted by atomic mass is 10.2. The number of aromatic nitrogens is 1. The van der Waals surface area contributed by atoms with Crippen molar-refractivity contribution >= 4 is 39.4 Å². The Morgan fingerprint density at radius 2 is 2.07 bits per heavy atom. The standard InChI is InChI=1S/C10H9N3S2/c11-9(14)7-1-3-8(4-2-7)13-10-12-5-6-15-10/h1-6H,(H2,11,14)(H,12,13). The van der Waals surface area contributed by atoms with E-state index >= 15 is 0 Å². The number of benzene rings is 1. The Hall–Kier alpha value is -1.46. The van der Waals surface area contributed by atoms with E-state index in [2.05, 4.69) is 10.3 Å². The number of thiazole rings is 1. The Bertz CT molecular complexity index is 448. The molecule has 5 heteroatoms. The average molecular weight is 235 g/mol. The second-order valence-electron chi connectivity index (χ2n) is 2.90. The summed E-state index contributed by atoms with van der Waals surface area (Å²) >= 11 is 6.42. The van der Waals surface area contributed by atoms with Crippen LogP contribution in [-0.4, -0.2) is 9.97 Å². The van der Waals surface area contributed by atoms with Gasteiger partial charge in [-0.1, -0.05) is 12.2 Å². The van der Waals surface area contributed by atoms with E-state index in [1.54, 1.807) is 17.5 Å². The predicted octanol–water partition coefficient (Wildman–Crippen LogP) is 2.52. The Labute approximate surface area is 97.0 Å². The van der Waals surface area contributed by atoms with Crippen LogP contribution < -0.4 is 11.1 Å². The fourth-order valence-corrected chi connectivity index (χ4v) is 1.81. The van der Waals surface area contributed by atoms with Gasteiger partial charge in [0.25, 0.3) is 0 Å². The Balaban J connectivity index is 2.14. The SMILES string of the molecule is NC(=S)c1ccc(Nc2nccs2)cc1. The average Bonchev–Trinajstić information content (AvgIpc) is 2.71. The second-order valence-corrected chi connectivity index (χ2v) is 4.24. The molecule has 0 saturated heterocycles. The van der Waals surface area contributed by atoms with Gasteiger partial charge in [0.1, 0.15) is 4.99 Å². The Morgan fingerprint density at radius 3 is 2.60 bits per heavy atom. The van der Waals surface area contributed by atoms with Crippen LogP contribution in [0.3, 0.4) is 0 Å². The van der Waals surface area contributed by atoms with Crippen LogP contribution >= 0.6 is 23.6 Å². The smallest absolute Gasteiger partial charge is 0.187 e. The fraction of sp³-hybridized carbons (Fsp3) is 0. The summed E-state index contributed by atoms with van der Waals surface area (Å²) in [7, 11) is 0. The monoisotopic (exact) mass is 235 g/mol. The second kappa shape index (κ2) is 4.37. The molecule has 3 nitrogen and oxygen atoms in total. The highest BCUT2D eigenvalue weighted by Crippen LogP contribution is 2.18. The van der Waals surface area contributed by atoms with E-state index in [4.69, 9.17) is 18.0 Å². The van der Waals surface area contributed by atoms with Gasteiger partial charge in [0.15, 0.2) is 5.13 Å². The third-order valence-electron chi connectivity index (χ3n) is 1.85. The zero-order valence-electron chi connectivity index (χ0n) is 7.81. The molecule has 0 saturated carbocycles. The van der Waals surface area contributed by atoms with Gasteiger partial charge in [0.05, 0.1) is 0 Å². The van der Waals surface area contributed by atoms with Crippen LogP contribution in [0.15, 0.2) is 35.8 Å². The fourth-order valence-electron chi connectivity index (χ4n) is 1.13. The summed E-state index contributed by atoms with van der Waals surface area (Å²) in [6, 6.07) is 7.63. The van der Waals surface area contributed by atoms with Crippen molar-refractivity contribution in [3.8, 4) is 0 Å². The van der Waals surface area contributed by atoms with Crippen molar-refractivity contribution in [3.63, 3.8) is 0 Å². The van der Waals surface area contributed by atoms with Gasteiger partial charge >= 0.3 is 0 Å². The van der Waals surface area contributed by atoms with Crippen LogP contribution in [0.25, 0.3) is 0 Å². The molecule has 0 fully saturated rings. The number of nitrogens with zero attached hydrogens (tertiary/aromatic N) is 1. The molecule has 0 aliphatic heterocycles. The minimum Gasteiger partial charge on any atom is -0.389 e. The summed E-state index contributed by atoms with van der Waals surface area (Å²) < 4.78 is 0. The summed E-state index contributed by atoms with van der Waals surface area (Å²) in [4.78, 5) is 4.54. The van der Waals surface area contributed by atoms with Crippen molar-refractivity contribution < 1.29 is 0 Å². The molecule has 1 aromatic carbocycles. The molecule has 3 N–H and O–H groups in total. The Morgan fingerprint density at radius 1 is 1.33 bits per heavy atom. The third-order valence-corrected chi connectivity index (χ3v) is 2.78. The van der Waals surface area contributed by atoms with Gasteiger partial charge in [0, 0.05) is 22.8 Å². The van der Waals surface area contributed by atoms with E-state index in [9.17, 15) is 0 Å². The summed E-state index contributed by atoms with van der Waals surface area (Å²) in [6.45, 7) is 0.